The molecular weight excluding hydrogens is 802 g/mol. The minimum absolute atomic E-state index is 0. The van der Waals surface area contributed by atoms with Gasteiger partial charge in [-0.05, 0) is 105 Å². The summed E-state index contributed by atoms with van der Waals surface area (Å²) in [6.07, 6.45) is -2.79. The van der Waals surface area contributed by atoms with Crippen molar-refractivity contribution in [3.63, 3.8) is 0 Å². The number of carboxylic acids is 2. The van der Waals surface area contributed by atoms with Gasteiger partial charge < -0.3 is 39.8 Å². The molecule has 16 heteroatoms. The molecule has 2 aromatic carbocycles. The summed E-state index contributed by atoms with van der Waals surface area (Å²) in [6, 6.07) is 12.2. The van der Waals surface area contributed by atoms with Crippen LogP contribution in [-0.4, -0.2) is 56.5 Å². The van der Waals surface area contributed by atoms with E-state index in [0.29, 0.717) is 24.0 Å². The number of aliphatic hydroxyl groups excluding tert-OH is 2. The van der Waals surface area contributed by atoms with Crippen molar-refractivity contribution < 1.29 is 95.4 Å². The van der Waals surface area contributed by atoms with E-state index in [9.17, 15) is 57.7 Å². The number of aliphatic hydroxyl groups is 2. The molecule has 2 unspecified atom stereocenters. The first-order chi connectivity index (χ1) is 26.4. The minimum Gasteiger partial charge on any atom is -0.550 e. The smallest absolute Gasteiger partial charge is 0.550 e. The number of rotatable bonds is 10. The number of hydrogen-bond donors (Lipinski definition) is 4. The summed E-state index contributed by atoms with van der Waals surface area (Å²) >= 11 is 0. The number of benzene rings is 2. The van der Waals surface area contributed by atoms with Gasteiger partial charge >= 0.3 is 37.7 Å². The molecule has 0 fully saturated rings. The standard InChI is InChI=1S/2C22H28FO5P.2Li/c2*1-21(2)12-18(15-5-7-16(23)8-6-15)19(22(3,4)14-21)9-10-29(27,28)13-17(24)11-20(25)26;;/h2*5-8,17,24H,11-14H2,1-4H3,(H,25,26)(H,27,28);;/q;;2*+1/p-2/t2*17-;;/m00../s1. The molecule has 4 atom stereocenters. The molecular formula is C44H54F2Li2O10P2. The van der Waals surface area contributed by atoms with E-state index in [-0.39, 0.29) is 71.0 Å². The van der Waals surface area contributed by atoms with Crippen molar-refractivity contribution in [2.75, 3.05) is 12.3 Å². The van der Waals surface area contributed by atoms with Crippen LogP contribution in [0, 0.1) is 56.5 Å². The van der Waals surface area contributed by atoms with Crippen LogP contribution in [0.5, 0.6) is 0 Å². The van der Waals surface area contributed by atoms with Gasteiger partial charge in [-0.2, -0.15) is 0 Å². The molecule has 4 N–H and O–H groups in total. The van der Waals surface area contributed by atoms with Gasteiger partial charge in [-0.15, -0.1) is 0 Å². The molecule has 0 radical (unpaired) electrons. The summed E-state index contributed by atoms with van der Waals surface area (Å²) in [7, 11) is -8.16. The topological polar surface area (TPSA) is 195 Å². The van der Waals surface area contributed by atoms with E-state index in [1.54, 1.807) is 24.3 Å². The van der Waals surface area contributed by atoms with Crippen LogP contribution in [0.3, 0.4) is 0 Å². The molecule has 2 aliphatic rings. The Bertz CT molecular complexity index is 2000. The van der Waals surface area contributed by atoms with Crippen molar-refractivity contribution >= 4 is 37.8 Å². The second-order valence-electron chi connectivity index (χ2n) is 18.2. The van der Waals surface area contributed by atoms with E-state index < -0.39 is 64.0 Å². The van der Waals surface area contributed by atoms with Gasteiger partial charge in [0, 0.05) is 35.9 Å². The quantitative estimate of drug-likeness (QED) is 0.147. The average Bonchev–Trinajstić information content (AvgIpc) is 3.01. The zero-order valence-corrected chi connectivity index (χ0v) is 38.1. The first kappa shape index (κ1) is 55.4. The molecule has 0 saturated heterocycles. The maximum atomic E-state index is 13.4. The van der Waals surface area contributed by atoms with Crippen LogP contribution < -0.4 is 47.9 Å². The van der Waals surface area contributed by atoms with Crippen molar-refractivity contribution in [2.45, 2.75) is 106 Å². The maximum absolute atomic E-state index is 13.4. The Morgan fingerprint density at radius 1 is 0.633 bits per heavy atom. The first-order valence-corrected chi connectivity index (χ1v) is 22.6. The van der Waals surface area contributed by atoms with Gasteiger partial charge in [0.2, 0.25) is 0 Å². The van der Waals surface area contributed by atoms with E-state index >= 15 is 0 Å². The molecule has 0 heterocycles. The Morgan fingerprint density at radius 3 is 1.18 bits per heavy atom. The predicted octanol–water partition coefficient (Wildman–Crippen LogP) is 0.323. The third kappa shape index (κ3) is 17.2. The van der Waals surface area contributed by atoms with Crippen molar-refractivity contribution in [1.29, 1.82) is 0 Å². The fourth-order valence-electron chi connectivity index (χ4n) is 8.39. The summed E-state index contributed by atoms with van der Waals surface area (Å²) < 4.78 is 51.6. The molecule has 0 aliphatic heterocycles. The average molecular weight is 857 g/mol. The zero-order valence-electron chi connectivity index (χ0n) is 36.3. The van der Waals surface area contributed by atoms with E-state index in [0.717, 1.165) is 35.1 Å². The molecule has 316 valence electrons. The number of aliphatic carboxylic acids is 2. The third-order valence-corrected chi connectivity index (χ3v) is 12.7. The molecule has 0 saturated carbocycles. The molecule has 0 bridgehead atoms. The number of carbonyl (C=O) groups excluding carboxylic acids is 2. The number of allylic oxidation sites excluding steroid dienone is 4. The van der Waals surface area contributed by atoms with Crippen LogP contribution in [0.25, 0.3) is 11.1 Å². The molecule has 10 nitrogen and oxygen atoms in total. The normalized spacial score (nSPS) is 20.2. The molecule has 2 aromatic rings. The van der Waals surface area contributed by atoms with Gasteiger partial charge in [0.1, 0.15) is 11.6 Å². The molecule has 0 spiro atoms. The van der Waals surface area contributed by atoms with Gasteiger partial charge in [-0.25, -0.2) is 8.78 Å². The number of carbonyl (C=O) groups is 2. The van der Waals surface area contributed by atoms with Crippen molar-refractivity contribution in [3.05, 3.63) is 82.4 Å². The Hall–Kier alpha value is -2.67. The SMILES string of the molecule is CC1(C)CC(c2ccc(F)cc2)=C(C#CP(=O)(O)C[C@@H](O)CC(=O)[O-])C(C)(C)C1.CC1(C)CC(c2ccc(F)cc2)=C(C#CP(=O)(O)C[C@@H](O)CC(=O)[O-])C(C)(C)C1.[Li+].[Li+]. The van der Waals surface area contributed by atoms with E-state index in [1.807, 2.05) is 27.7 Å². The molecule has 0 aromatic heterocycles. The fourth-order valence-corrected chi connectivity index (χ4v) is 10.5. The van der Waals surface area contributed by atoms with Crippen molar-refractivity contribution in [1.82, 2.24) is 0 Å². The van der Waals surface area contributed by atoms with Crippen molar-refractivity contribution in [3.8, 4) is 23.2 Å². The van der Waals surface area contributed by atoms with Gasteiger partial charge in [0.15, 0.2) is 0 Å². The summed E-state index contributed by atoms with van der Waals surface area (Å²) in [4.78, 5) is 41.4. The van der Waals surface area contributed by atoms with Gasteiger partial charge in [0.25, 0.3) is 14.7 Å². The monoisotopic (exact) mass is 856 g/mol. The van der Waals surface area contributed by atoms with Crippen LogP contribution >= 0.6 is 14.7 Å². The minimum atomic E-state index is -4.08. The largest absolute Gasteiger partial charge is 1.00 e. The second kappa shape index (κ2) is 21.6. The third-order valence-electron chi connectivity index (χ3n) is 9.93. The first-order valence-electron chi connectivity index (χ1n) is 18.9. The van der Waals surface area contributed by atoms with Gasteiger partial charge in [-0.1, -0.05) is 91.5 Å². The Balaban J connectivity index is 0.000000581. The predicted molar refractivity (Wildman–Crippen MR) is 216 cm³/mol. The zero-order chi connectivity index (χ0) is 44.1. The van der Waals surface area contributed by atoms with Crippen LogP contribution in [0.15, 0.2) is 59.7 Å². The van der Waals surface area contributed by atoms with E-state index in [1.165, 1.54) is 24.3 Å². The van der Waals surface area contributed by atoms with Crippen LogP contribution in [0.1, 0.15) is 105 Å². The molecule has 2 aliphatic carbocycles. The summed E-state index contributed by atoms with van der Waals surface area (Å²) in [5, 5.41) is 40.4. The Kier molecular flexibility index (Phi) is 19.9. The van der Waals surface area contributed by atoms with E-state index in [4.69, 9.17) is 0 Å². The van der Waals surface area contributed by atoms with Gasteiger partial charge in [0.05, 0.1) is 24.5 Å². The second-order valence-corrected chi connectivity index (χ2v) is 22.2. The summed E-state index contributed by atoms with van der Waals surface area (Å²) in [5.74, 6) is 2.03. The Labute approximate surface area is 377 Å². The van der Waals surface area contributed by atoms with Crippen LogP contribution in [-0.2, 0) is 18.7 Å². The number of hydrogen-bond acceptors (Lipinski definition) is 8. The van der Waals surface area contributed by atoms with Gasteiger partial charge in [-0.3, -0.25) is 9.13 Å². The molecule has 60 heavy (non-hydrogen) atoms. The Morgan fingerprint density at radius 2 is 0.917 bits per heavy atom. The fraction of sp³-hybridized carbons (Fsp3) is 0.500. The maximum Gasteiger partial charge on any atom is 1.00 e. The van der Waals surface area contributed by atoms with Crippen LogP contribution in [0.4, 0.5) is 8.78 Å². The molecule has 4 rings (SSSR count). The number of halogens is 2. The molecule has 0 amide bonds. The number of carboxylic acid groups (broad SMARTS) is 2. The van der Waals surface area contributed by atoms with E-state index in [2.05, 4.69) is 50.9 Å². The summed E-state index contributed by atoms with van der Waals surface area (Å²) in [6.45, 7) is 16.6. The van der Waals surface area contributed by atoms with Crippen molar-refractivity contribution in [2.24, 2.45) is 21.7 Å². The summed E-state index contributed by atoms with van der Waals surface area (Å²) in [5.41, 5.74) is 8.73. The van der Waals surface area contributed by atoms with Crippen LogP contribution in [0.2, 0.25) is 0 Å².